The van der Waals surface area contributed by atoms with Crippen LogP contribution in [0.2, 0.25) is 0 Å². The number of hydrogen-bond donors (Lipinski definition) is 1. The van der Waals surface area contributed by atoms with Crippen LogP contribution in [-0.4, -0.2) is 16.3 Å². The molecule has 1 aromatic heterocycles. The van der Waals surface area contributed by atoms with E-state index in [1.54, 1.807) is 0 Å². The van der Waals surface area contributed by atoms with Gasteiger partial charge in [-0.05, 0) is 17.0 Å². The molecule has 1 unspecified atom stereocenters. The number of aliphatic hydroxyl groups excluding tert-OH is 1. The molecule has 90 valence electrons. The second-order valence-electron chi connectivity index (χ2n) is 4.70. The summed E-state index contributed by atoms with van der Waals surface area (Å²) >= 11 is 0. The van der Waals surface area contributed by atoms with Crippen molar-refractivity contribution in [3.63, 3.8) is 0 Å². The summed E-state index contributed by atoms with van der Waals surface area (Å²) < 4.78 is 36.9. The maximum Gasteiger partial charge on any atom is 0.418 e. The average Bonchev–Trinajstić information content (AvgIpc) is 2.14. The first kappa shape index (κ1) is 13.0. The minimum atomic E-state index is -4.65. The van der Waals surface area contributed by atoms with Crippen molar-refractivity contribution < 1.29 is 18.3 Å². The minimum absolute atomic E-state index is 0.222. The lowest BCUT2D eigenvalue weighted by atomic mass is 9.87. The van der Waals surface area contributed by atoms with Gasteiger partial charge < -0.3 is 5.11 Å². The first-order valence-corrected chi connectivity index (χ1v) is 4.82. The van der Waals surface area contributed by atoms with E-state index in [0.29, 0.717) is 5.56 Å². The fraction of sp³-hybridized carbons (Fsp3) is 0.545. The Balaban J connectivity index is 3.09. The van der Waals surface area contributed by atoms with E-state index in [9.17, 15) is 13.2 Å². The van der Waals surface area contributed by atoms with E-state index in [0.717, 1.165) is 6.20 Å². The SMILES string of the molecule is CC(C)(C)c1cncc(C(O)C(F)(F)F)c1. The van der Waals surface area contributed by atoms with Crippen molar-refractivity contribution in [2.45, 2.75) is 38.5 Å². The topological polar surface area (TPSA) is 33.1 Å². The van der Waals surface area contributed by atoms with Gasteiger partial charge >= 0.3 is 6.18 Å². The largest absolute Gasteiger partial charge is 0.418 e. The summed E-state index contributed by atoms with van der Waals surface area (Å²) in [6.45, 7) is 5.61. The standard InChI is InChI=1S/C11H14F3NO/c1-10(2,3)8-4-7(5-15-6-8)9(16)11(12,13)14/h4-6,9,16H,1-3H3. The van der Waals surface area contributed by atoms with Gasteiger partial charge in [0.05, 0.1) is 0 Å². The number of pyridine rings is 1. The molecule has 0 radical (unpaired) electrons. The van der Waals surface area contributed by atoms with Crippen LogP contribution < -0.4 is 0 Å². The Bertz CT molecular complexity index is 368. The third-order valence-corrected chi connectivity index (χ3v) is 2.25. The van der Waals surface area contributed by atoms with Crippen LogP contribution >= 0.6 is 0 Å². The number of aromatic nitrogens is 1. The third-order valence-electron chi connectivity index (χ3n) is 2.25. The van der Waals surface area contributed by atoms with E-state index >= 15 is 0 Å². The number of alkyl halides is 3. The predicted molar refractivity (Wildman–Crippen MR) is 54.0 cm³/mol. The molecule has 0 fully saturated rings. The summed E-state index contributed by atoms with van der Waals surface area (Å²) in [7, 11) is 0. The van der Waals surface area contributed by atoms with E-state index in [1.165, 1.54) is 12.3 Å². The second kappa shape index (κ2) is 4.05. The van der Waals surface area contributed by atoms with Crippen molar-refractivity contribution in [1.29, 1.82) is 0 Å². The zero-order valence-corrected chi connectivity index (χ0v) is 9.34. The van der Waals surface area contributed by atoms with Crippen molar-refractivity contribution >= 4 is 0 Å². The van der Waals surface area contributed by atoms with Gasteiger partial charge in [0.2, 0.25) is 0 Å². The van der Waals surface area contributed by atoms with Gasteiger partial charge in [0.1, 0.15) is 0 Å². The quantitative estimate of drug-likeness (QED) is 0.808. The Kier molecular flexibility index (Phi) is 3.28. The molecule has 1 rings (SSSR count). The molecule has 1 atom stereocenters. The predicted octanol–water partition coefficient (Wildman–Crippen LogP) is 2.97. The first-order valence-electron chi connectivity index (χ1n) is 4.82. The van der Waals surface area contributed by atoms with Gasteiger partial charge in [0, 0.05) is 18.0 Å². The molecule has 5 heteroatoms. The van der Waals surface area contributed by atoms with Crippen LogP contribution in [0.3, 0.4) is 0 Å². The summed E-state index contributed by atoms with van der Waals surface area (Å²) in [4.78, 5) is 3.73. The molecule has 2 nitrogen and oxygen atoms in total. The maximum absolute atomic E-state index is 12.3. The van der Waals surface area contributed by atoms with Gasteiger partial charge in [-0.2, -0.15) is 13.2 Å². The highest BCUT2D eigenvalue weighted by atomic mass is 19.4. The average molecular weight is 233 g/mol. The van der Waals surface area contributed by atoms with E-state index < -0.39 is 12.3 Å². The van der Waals surface area contributed by atoms with Gasteiger partial charge in [0.15, 0.2) is 6.10 Å². The van der Waals surface area contributed by atoms with Crippen molar-refractivity contribution in [2.75, 3.05) is 0 Å². The van der Waals surface area contributed by atoms with Crippen LogP contribution in [0.1, 0.15) is 38.0 Å². The van der Waals surface area contributed by atoms with Crippen LogP contribution in [0.4, 0.5) is 13.2 Å². The highest BCUT2D eigenvalue weighted by Crippen LogP contribution is 2.33. The van der Waals surface area contributed by atoms with Crippen LogP contribution in [0, 0.1) is 0 Å². The molecule has 0 aliphatic carbocycles. The van der Waals surface area contributed by atoms with E-state index in [4.69, 9.17) is 5.11 Å². The lowest BCUT2D eigenvalue weighted by molar-refractivity contribution is -0.206. The molecule has 0 aliphatic heterocycles. The van der Waals surface area contributed by atoms with E-state index in [-0.39, 0.29) is 11.0 Å². The smallest absolute Gasteiger partial charge is 0.379 e. The van der Waals surface area contributed by atoms with Gasteiger partial charge in [0.25, 0.3) is 0 Å². The third kappa shape index (κ3) is 2.95. The highest BCUT2D eigenvalue weighted by molar-refractivity contribution is 5.26. The zero-order valence-electron chi connectivity index (χ0n) is 9.34. The van der Waals surface area contributed by atoms with Crippen molar-refractivity contribution in [3.8, 4) is 0 Å². The van der Waals surface area contributed by atoms with Gasteiger partial charge in [-0.3, -0.25) is 4.98 Å². The lowest BCUT2D eigenvalue weighted by Gasteiger charge is -2.21. The van der Waals surface area contributed by atoms with Crippen molar-refractivity contribution in [2.24, 2.45) is 0 Å². The molecule has 1 aromatic rings. The second-order valence-corrected chi connectivity index (χ2v) is 4.70. The van der Waals surface area contributed by atoms with Crippen LogP contribution in [0.25, 0.3) is 0 Å². The molecule has 1 heterocycles. The molecule has 0 bridgehead atoms. The number of aliphatic hydroxyl groups is 1. The Morgan fingerprint density at radius 1 is 1.19 bits per heavy atom. The molecule has 16 heavy (non-hydrogen) atoms. The molecular weight excluding hydrogens is 219 g/mol. The Hall–Kier alpha value is -1.10. The summed E-state index contributed by atoms with van der Waals surface area (Å²) in [6.07, 6.45) is -4.58. The molecule has 0 aliphatic rings. The molecule has 0 aromatic carbocycles. The number of halogens is 3. The fourth-order valence-electron chi connectivity index (χ4n) is 1.21. The number of hydrogen-bond acceptors (Lipinski definition) is 2. The van der Waals surface area contributed by atoms with Crippen LogP contribution in [-0.2, 0) is 5.41 Å². The monoisotopic (exact) mass is 233 g/mol. The Morgan fingerprint density at radius 3 is 2.19 bits per heavy atom. The van der Waals surface area contributed by atoms with E-state index in [2.05, 4.69) is 4.98 Å². The molecule has 1 N–H and O–H groups in total. The van der Waals surface area contributed by atoms with Crippen molar-refractivity contribution in [1.82, 2.24) is 4.98 Å². The van der Waals surface area contributed by atoms with Crippen molar-refractivity contribution in [3.05, 3.63) is 29.6 Å². The normalized spacial score (nSPS) is 14.9. The van der Waals surface area contributed by atoms with Gasteiger partial charge in [-0.15, -0.1) is 0 Å². The summed E-state index contributed by atoms with van der Waals surface area (Å²) in [5, 5.41) is 9.08. The molecule has 0 saturated carbocycles. The highest BCUT2D eigenvalue weighted by Gasteiger charge is 2.39. The lowest BCUT2D eigenvalue weighted by Crippen LogP contribution is -2.21. The summed E-state index contributed by atoms with van der Waals surface area (Å²) in [6, 6.07) is 1.34. The summed E-state index contributed by atoms with van der Waals surface area (Å²) in [5.74, 6) is 0. The van der Waals surface area contributed by atoms with Gasteiger partial charge in [-0.1, -0.05) is 20.8 Å². The molecule has 0 saturated heterocycles. The Labute approximate surface area is 92.1 Å². The number of nitrogens with zero attached hydrogens (tertiary/aromatic N) is 1. The minimum Gasteiger partial charge on any atom is -0.379 e. The van der Waals surface area contributed by atoms with Crippen LogP contribution in [0.15, 0.2) is 18.5 Å². The molecular formula is C11H14F3NO. The van der Waals surface area contributed by atoms with Gasteiger partial charge in [-0.25, -0.2) is 0 Å². The van der Waals surface area contributed by atoms with E-state index in [1.807, 2.05) is 20.8 Å². The molecule has 0 amide bonds. The maximum atomic E-state index is 12.3. The number of rotatable bonds is 1. The fourth-order valence-corrected chi connectivity index (χ4v) is 1.21. The first-order chi connectivity index (χ1) is 7.12. The summed E-state index contributed by atoms with van der Waals surface area (Å²) in [5.41, 5.74) is 0.141. The Morgan fingerprint density at radius 2 is 1.75 bits per heavy atom. The molecule has 0 spiro atoms. The zero-order chi connectivity index (χ0) is 12.6. The van der Waals surface area contributed by atoms with Crippen LogP contribution in [0.5, 0.6) is 0 Å².